The number of hydrogen-bond acceptors (Lipinski definition) is 5. The Hall–Kier alpha value is -0.650. The first-order valence-corrected chi connectivity index (χ1v) is 24.5. The average Bonchev–Trinajstić information content (AvgIpc) is 3.16. The van der Waals surface area contributed by atoms with Gasteiger partial charge in [-0.1, -0.05) is 226 Å². The zero-order valence-electron chi connectivity index (χ0n) is 36.8. The van der Waals surface area contributed by atoms with Crippen LogP contribution in [0.2, 0.25) is 0 Å². The second kappa shape index (κ2) is 45.7. The third-order valence-electron chi connectivity index (χ3n) is 11.4. The van der Waals surface area contributed by atoms with E-state index in [0.29, 0.717) is 6.42 Å². The third-order valence-corrected chi connectivity index (χ3v) is 11.4. The quantitative estimate of drug-likeness (QED) is 0.0496. The van der Waals surface area contributed by atoms with E-state index < -0.39 is 0 Å². The van der Waals surface area contributed by atoms with E-state index in [9.17, 15) is 9.90 Å². The minimum absolute atomic E-state index is 0.0180. The Balaban J connectivity index is 4.09. The van der Waals surface area contributed by atoms with Crippen molar-refractivity contribution < 1.29 is 14.7 Å². The van der Waals surface area contributed by atoms with Crippen molar-refractivity contribution in [2.45, 2.75) is 265 Å². The Kier molecular flexibility index (Phi) is 45.2. The molecule has 0 fully saturated rings. The van der Waals surface area contributed by atoms with Crippen molar-refractivity contribution in [1.29, 1.82) is 0 Å². The van der Waals surface area contributed by atoms with Gasteiger partial charge < -0.3 is 14.8 Å². The van der Waals surface area contributed by atoms with Crippen molar-refractivity contribution >= 4 is 5.97 Å². The molecule has 0 radical (unpaired) electrons. The van der Waals surface area contributed by atoms with Crippen molar-refractivity contribution in [3.63, 3.8) is 0 Å². The van der Waals surface area contributed by atoms with Gasteiger partial charge in [-0.3, -0.25) is 4.79 Å². The first kappa shape index (κ1) is 52.3. The molecule has 318 valence electrons. The maximum absolute atomic E-state index is 12.8. The number of hydroxylamine groups is 2. The molecule has 0 aliphatic heterocycles. The Morgan fingerprint density at radius 3 is 0.925 bits per heavy atom. The van der Waals surface area contributed by atoms with E-state index in [1.807, 2.05) is 5.06 Å². The fraction of sp³-hybridized carbons (Fsp3) is 0.979. The minimum atomic E-state index is -0.0180. The molecule has 0 aliphatic carbocycles. The van der Waals surface area contributed by atoms with Crippen LogP contribution in [0.1, 0.15) is 265 Å². The van der Waals surface area contributed by atoms with Gasteiger partial charge in [0.15, 0.2) is 0 Å². The predicted octanol–water partition coefficient (Wildman–Crippen LogP) is 14.9. The molecule has 0 saturated carbocycles. The summed E-state index contributed by atoms with van der Waals surface area (Å²) in [4.78, 5) is 21.2. The van der Waals surface area contributed by atoms with Gasteiger partial charge >= 0.3 is 5.97 Å². The number of rotatable bonds is 46. The molecule has 0 rings (SSSR count). The third kappa shape index (κ3) is 42.3. The lowest BCUT2D eigenvalue weighted by molar-refractivity contribution is -0.191. The van der Waals surface area contributed by atoms with Gasteiger partial charge in [0.05, 0.1) is 6.61 Å². The average molecular weight is 751 g/mol. The number of unbranched alkanes of at least 4 members (excludes halogenated alkanes) is 33. The highest BCUT2D eigenvalue weighted by Crippen LogP contribution is 2.16. The molecular formula is C48H98N2O3. The Bertz CT molecular complexity index is 666. The molecule has 0 aromatic heterocycles. The zero-order valence-corrected chi connectivity index (χ0v) is 36.8. The molecular weight excluding hydrogens is 653 g/mol. The maximum Gasteiger partial charge on any atom is 0.325 e. The van der Waals surface area contributed by atoms with Crippen LogP contribution < -0.4 is 0 Å². The highest BCUT2D eigenvalue weighted by molar-refractivity contribution is 5.68. The second-order valence-electron chi connectivity index (χ2n) is 16.7. The van der Waals surface area contributed by atoms with Crippen LogP contribution in [0, 0.1) is 0 Å². The number of nitrogens with zero attached hydrogens (tertiary/aromatic N) is 2. The summed E-state index contributed by atoms with van der Waals surface area (Å²) in [6.45, 7) is 12.0. The van der Waals surface area contributed by atoms with Crippen molar-refractivity contribution in [3.8, 4) is 0 Å². The van der Waals surface area contributed by atoms with Gasteiger partial charge in [-0.25, -0.2) is 0 Å². The summed E-state index contributed by atoms with van der Waals surface area (Å²) in [6, 6.07) is 0. The summed E-state index contributed by atoms with van der Waals surface area (Å²) >= 11 is 0. The Labute approximate surface area is 333 Å². The van der Waals surface area contributed by atoms with Crippen molar-refractivity contribution in [2.24, 2.45) is 0 Å². The van der Waals surface area contributed by atoms with Crippen LogP contribution in [-0.2, 0) is 9.63 Å². The highest BCUT2D eigenvalue weighted by Gasteiger charge is 2.12. The van der Waals surface area contributed by atoms with Gasteiger partial charge in [0.25, 0.3) is 0 Å². The van der Waals surface area contributed by atoms with Crippen LogP contribution in [0.25, 0.3) is 0 Å². The van der Waals surface area contributed by atoms with E-state index in [2.05, 4.69) is 25.7 Å². The van der Waals surface area contributed by atoms with Crippen LogP contribution in [0.5, 0.6) is 0 Å². The molecule has 0 spiro atoms. The Morgan fingerprint density at radius 1 is 0.358 bits per heavy atom. The van der Waals surface area contributed by atoms with E-state index in [-0.39, 0.29) is 12.6 Å². The lowest BCUT2D eigenvalue weighted by Crippen LogP contribution is -2.29. The lowest BCUT2D eigenvalue weighted by Gasteiger charge is -2.21. The molecule has 0 aromatic carbocycles. The molecule has 5 heteroatoms. The predicted molar refractivity (Wildman–Crippen MR) is 234 cm³/mol. The summed E-state index contributed by atoms with van der Waals surface area (Å²) in [7, 11) is 0. The summed E-state index contributed by atoms with van der Waals surface area (Å²) in [5.74, 6) is -0.0180. The summed E-state index contributed by atoms with van der Waals surface area (Å²) in [5.41, 5.74) is 0. The first-order valence-electron chi connectivity index (χ1n) is 24.5. The molecule has 0 aromatic rings. The number of aliphatic hydroxyl groups is 1. The van der Waals surface area contributed by atoms with Gasteiger partial charge in [0, 0.05) is 26.1 Å². The van der Waals surface area contributed by atoms with Gasteiger partial charge in [-0.2, -0.15) is 0 Å². The maximum atomic E-state index is 12.8. The summed E-state index contributed by atoms with van der Waals surface area (Å²) in [5, 5.41) is 11.6. The molecule has 0 heterocycles. The van der Waals surface area contributed by atoms with Crippen LogP contribution in [-0.4, -0.2) is 60.4 Å². The van der Waals surface area contributed by atoms with E-state index in [1.54, 1.807) is 0 Å². The lowest BCUT2D eigenvalue weighted by atomic mass is 10.1. The van der Waals surface area contributed by atoms with E-state index >= 15 is 0 Å². The molecule has 0 bridgehead atoms. The summed E-state index contributed by atoms with van der Waals surface area (Å²) in [6.07, 6.45) is 49.4. The van der Waals surface area contributed by atoms with Gasteiger partial charge in [0.1, 0.15) is 0 Å². The molecule has 5 nitrogen and oxygen atoms in total. The number of aliphatic hydroxyl groups excluding tert-OH is 1. The van der Waals surface area contributed by atoms with Crippen LogP contribution in [0.3, 0.4) is 0 Å². The van der Waals surface area contributed by atoms with Gasteiger partial charge in [-0.15, -0.1) is 5.06 Å². The van der Waals surface area contributed by atoms with Crippen LogP contribution in [0.4, 0.5) is 0 Å². The smallest absolute Gasteiger partial charge is 0.325 e. The molecule has 0 aliphatic rings. The first-order chi connectivity index (χ1) is 26.2. The molecule has 0 unspecified atom stereocenters. The molecule has 1 N–H and O–H groups in total. The van der Waals surface area contributed by atoms with E-state index in [1.165, 1.54) is 212 Å². The fourth-order valence-electron chi connectivity index (χ4n) is 7.73. The van der Waals surface area contributed by atoms with Crippen molar-refractivity contribution in [1.82, 2.24) is 9.96 Å². The molecule has 0 atom stereocenters. The molecule has 0 amide bonds. The van der Waals surface area contributed by atoms with Crippen molar-refractivity contribution in [3.05, 3.63) is 0 Å². The van der Waals surface area contributed by atoms with E-state index in [0.717, 1.165) is 58.4 Å². The monoisotopic (exact) mass is 751 g/mol. The second-order valence-corrected chi connectivity index (χ2v) is 16.7. The van der Waals surface area contributed by atoms with Gasteiger partial charge in [-0.05, 0) is 45.2 Å². The van der Waals surface area contributed by atoms with Gasteiger partial charge in [0.2, 0.25) is 0 Å². The Morgan fingerprint density at radius 2 is 0.623 bits per heavy atom. The largest absolute Gasteiger partial charge is 0.395 e. The number of carbonyl (C=O) groups is 1. The number of hydrogen-bond donors (Lipinski definition) is 1. The topological polar surface area (TPSA) is 53.0 Å². The van der Waals surface area contributed by atoms with E-state index in [4.69, 9.17) is 4.84 Å². The zero-order chi connectivity index (χ0) is 38.6. The fourth-order valence-corrected chi connectivity index (χ4v) is 7.73. The highest BCUT2D eigenvalue weighted by atomic mass is 16.7. The molecule has 0 saturated heterocycles. The van der Waals surface area contributed by atoms with Crippen LogP contribution in [0.15, 0.2) is 0 Å². The number of carbonyl (C=O) groups excluding carboxylic acids is 1. The minimum Gasteiger partial charge on any atom is -0.395 e. The van der Waals surface area contributed by atoms with Crippen molar-refractivity contribution in [2.75, 3.05) is 39.3 Å². The summed E-state index contributed by atoms with van der Waals surface area (Å²) < 4.78 is 0. The SMILES string of the molecule is CCCCCCCCCCCCN(CCO)CCCCCCCCCC(=O)ON(CCCCCCCCCCCC)CCCCCCCCCCCC. The van der Waals surface area contributed by atoms with Crippen LogP contribution >= 0.6 is 0 Å². The molecule has 53 heavy (non-hydrogen) atoms. The standard InChI is InChI=1S/C48H98N2O3/c1-4-7-10-13-16-19-22-27-32-37-42-49(46-47-51)43-38-33-28-25-26-31-36-41-48(52)53-50(44-39-34-29-23-20-17-14-11-8-5-2)45-40-35-30-24-21-18-15-12-9-6-3/h51H,4-47H2,1-3H3. The normalized spacial score (nSPS) is 11.7.